The van der Waals surface area contributed by atoms with Gasteiger partial charge in [0.15, 0.2) is 0 Å². The highest BCUT2D eigenvalue weighted by Gasteiger charge is 2.30. The van der Waals surface area contributed by atoms with Gasteiger partial charge in [0.05, 0.1) is 6.61 Å². The molecule has 0 spiro atoms. The van der Waals surface area contributed by atoms with E-state index in [-0.39, 0.29) is 24.2 Å². The van der Waals surface area contributed by atoms with Crippen LogP contribution in [-0.2, 0) is 4.74 Å². The molecule has 1 unspecified atom stereocenters. The Balaban J connectivity index is 0.00000128. The van der Waals surface area contributed by atoms with Crippen molar-refractivity contribution in [3.8, 4) is 0 Å². The topological polar surface area (TPSA) is 24.5 Å². The van der Waals surface area contributed by atoms with Crippen LogP contribution in [0.2, 0.25) is 0 Å². The number of hydrogen-bond donors (Lipinski definition) is 1. The second-order valence-corrected chi connectivity index (χ2v) is 5.52. The zero-order chi connectivity index (χ0) is 10.7. The number of likely N-dealkylation sites (tertiary alicyclic amines) is 1. The molecular formula is C12H25ClN2O. The summed E-state index contributed by atoms with van der Waals surface area (Å²) in [5.74, 6) is 0. The molecule has 3 nitrogen and oxygen atoms in total. The van der Waals surface area contributed by atoms with Crippen LogP contribution in [0.3, 0.4) is 0 Å². The van der Waals surface area contributed by atoms with Crippen LogP contribution in [0.1, 0.15) is 39.5 Å². The Hall–Kier alpha value is 0.170. The van der Waals surface area contributed by atoms with Crippen molar-refractivity contribution in [1.29, 1.82) is 0 Å². The van der Waals surface area contributed by atoms with Gasteiger partial charge in [-0.3, -0.25) is 5.32 Å². The van der Waals surface area contributed by atoms with Crippen molar-refractivity contribution in [2.75, 3.05) is 26.2 Å². The molecule has 0 aromatic rings. The quantitative estimate of drug-likeness (QED) is 0.827. The molecule has 0 bridgehead atoms. The molecule has 2 aliphatic heterocycles. The molecule has 0 aliphatic carbocycles. The van der Waals surface area contributed by atoms with Crippen molar-refractivity contribution in [3.63, 3.8) is 0 Å². The molecule has 2 rings (SSSR count). The largest absolute Gasteiger partial charge is 0.361 e. The van der Waals surface area contributed by atoms with E-state index in [1.165, 1.54) is 38.9 Å². The molecule has 1 N–H and O–H groups in total. The number of rotatable bonds is 3. The van der Waals surface area contributed by atoms with Crippen LogP contribution in [0.15, 0.2) is 0 Å². The summed E-state index contributed by atoms with van der Waals surface area (Å²) in [5.41, 5.74) is 0.173. The van der Waals surface area contributed by atoms with Crippen molar-refractivity contribution in [2.45, 2.75) is 51.3 Å². The Labute approximate surface area is 105 Å². The Kier molecular flexibility index (Phi) is 5.51. The minimum Gasteiger partial charge on any atom is -0.361 e. The zero-order valence-electron chi connectivity index (χ0n) is 10.5. The number of nitrogens with one attached hydrogen (secondary N) is 1. The number of piperidine rings is 1. The molecular weight excluding hydrogens is 224 g/mol. The van der Waals surface area contributed by atoms with Crippen molar-refractivity contribution in [2.24, 2.45) is 0 Å². The first-order valence-corrected chi connectivity index (χ1v) is 6.27. The van der Waals surface area contributed by atoms with Gasteiger partial charge in [-0.15, -0.1) is 12.4 Å². The summed E-state index contributed by atoms with van der Waals surface area (Å²) in [4.78, 5) is 2.57. The molecule has 16 heavy (non-hydrogen) atoms. The van der Waals surface area contributed by atoms with E-state index in [1.807, 2.05) is 0 Å². The maximum absolute atomic E-state index is 5.72. The molecule has 2 saturated heterocycles. The van der Waals surface area contributed by atoms with E-state index in [1.54, 1.807) is 0 Å². The van der Waals surface area contributed by atoms with Gasteiger partial charge < -0.3 is 9.64 Å². The number of halogens is 1. The van der Waals surface area contributed by atoms with Gasteiger partial charge in [-0.2, -0.15) is 0 Å². The van der Waals surface area contributed by atoms with Crippen molar-refractivity contribution < 1.29 is 4.74 Å². The van der Waals surface area contributed by atoms with Crippen LogP contribution in [0.5, 0.6) is 0 Å². The average Bonchev–Trinajstić information content (AvgIpc) is 2.57. The number of hydrogen-bond acceptors (Lipinski definition) is 3. The molecule has 0 radical (unpaired) electrons. The van der Waals surface area contributed by atoms with E-state index in [0.29, 0.717) is 0 Å². The van der Waals surface area contributed by atoms with Gasteiger partial charge in [-0.25, -0.2) is 0 Å². The Bertz CT molecular complexity index is 205. The van der Waals surface area contributed by atoms with E-state index < -0.39 is 0 Å². The summed E-state index contributed by atoms with van der Waals surface area (Å²) in [5, 5.41) is 3.52. The third kappa shape index (κ3) is 4.21. The number of nitrogens with zero attached hydrogens (tertiary/aromatic N) is 1. The fourth-order valence-electron chi connectivity index (χ4n) is 2.47. The minimum atomic E-state index is 0. The molecule has 2 fully saturated rings. The smallest absolute Gasteiger partial charge is 0.109 e. The summed E-state index contributed by atoms with van der Waals surface area (Å²) in [6.45, 7) is 9.01. The summed E-state index contributed by atoms with van der Waals surface area (Å²) in [6, 6.07) is 0. The summed E-state index contributed by atoms with van der Waals surface area (Å²) in [6.07, 6.45) is 5.59. The highest BCUT2D eigenvalue weighted by atomic mass is 35.5. The first-order valence-electron chi connectivity index (χ1n) is 6.27. The lowest BCUT2D eigenvalue weighted by atomic mass is 10.1. The summed E-state index contributed by atoms with van der Waals surface area (Å²) in [7, 11) is 0. The monoisotopic (exact) mass is 248 g/mol. The Morgan fingerprint density at radius 3 is 2.50 bits per heavy atom. The van der Waals surface area contributed by atoms with Crippen molar-refractivity contribution in [1.82, 2.24) is 10.2 Å². The third-order valence-electron chi connectivity index (χ3n) is 3.35. The highest BCUT2D eigenvalue weighted by molar-refractivity contribution is 5.85. The van der Waals surface area contributed by atoms with Gasteiger partial charge in [0.1, 0.15) is 6.23 Å². The van der Waals surface area contributed by atoms with Gasteiger partial charge in [0, 0.05) is 12.1 Å². The summed E-state index contributed by atoms with van der Waals surface area (Å²) >= 11 is 0. The maximum Gasteiger partial charge on any atom is 0.109 e. The van der Waals surface area contributed by atoms with Crippen LogP contribution in [-0.4, -0.2) is 42.9 Å². The SMILES string of the molecule is CC1(C)COC(CCN2CCCCC2)N1.Cl. The van der Waals surface area contributed by atoms with Gasteiger partial charge in [-0.05, 0) is 46.2 Å². The van der Waals surface area contributed by atoms with Gasteiger partial charge >= 0.3 is 0 Å². The molecule has 2 heterocycles. The van der Waals surface area contributed by atoms with E-state index >= 15 is 0 Å². The van der Waals surface area contributed by atoms with Crippen LogP contribution >= 0.6 is 12.4 Å². The lowest BCUT2D eigenvalue weighted by Gasteiger charge is -2.27. The first-order chi connectivity index (χ1) is 7.16. The normalized spacial score (nSPS) is 30.0. The maximum atomic E-state index is 5.72. The van der Waals surface area contributed by atoms with Crippen LogP contribution in [0.25, 0.3) is 0 Å². The molecule has 96 valence electrons. The number of ether oxygens (including phenoxy) is 1. The van der Waals surface area contributed by atoms with Gasteiger partial charge in [-0.1, -0.05) is 6.42 Å². The third-order valence-corrected chi connectivity index (χ3v) is 3.35. The lowest BCUT2D eigenvalue weighted by molar-refractivity contribution is 0.0780. The summed E-state index contributed by atoms with van der Waals surface area (Å²) < 4.78 is 5.72. The standard InChI is InChI=1S/C12H24N2O.ClH/c1-12(2)10-15-11(13-12)6-9-14-7-4-3-5-8-14;/h11,13H,3-10H2,1-2H3;1H. The van der Waals surface area contributed by atoms with Crippen molar-refractivity contribution in [3.05, 3.63) is 0 Å². The molecule has 4 heteroatoms. The van der Waals surface area contributed by atoms with Crippen molar-refractivity contribution >= 4 is 12.4 Å². The predicted molar refractivity (Wildman–Crippen MR) is 69.1 cm³/mol. The van der Waals surface area contributed by atoms with E-state index in [4.69, 9.17) is 4.74 Å². The molecule has 2 aliphatic rings. The van der Waals surface area contributed by atoms with Crippen LogP contribution in [0, 0.1) is 0 Å². The van der Waals surface area contributed by atoms with Crippen LogP contribution < -0.4 is 5.32 Å². The minimum absolute atomic E-state index is 0. The Morgan fingerprint density at radius 1 is 1.25 bits per heavy atom. The zero-order valence-corrected chi connectivity index (χ0v) is 11.3. The molecule has 0 aromatic carbocycles. The molecule has 1 atom stereocenters. The van der Waals surface area contributed by atoms with Crippen LogP contribution in [0.4, 0.5) is 0 Å². The second-order valence-electron chi connectivity index (χ2n) is 5.52. The molecule has 0 amide bonds. The van der Waals surface area contributed by atoms with Gasteiger partial charge in [0.25, 0.3) is 0 Å². The Morgan fingerprint density at radius 2 is 1.94 bits per heavy atom. The van der Waals surface area contributed by atoms with E-state index in [2.05, 4.69) is 24.1 Å². The van der Waals surface area contributed by atoms with Gasteiger partial charge in [0.2, 0.25) is 0 Å². The molecule has 0 saturated carbocycles. The average molecular weight is 249 g/mol. The second kappa shape index (κ2) is 6.20. The highest BCUT2D eigenvalue weighted by Crippen LogP contribution is 2.17. The predicted octanol–water partition coefficient (Wildman–Crippen LogP) is 2.01. The molecule has 0 aromatic heterocycles. The van der Waals surface area contributed by atoms with E-state index in [0.717, 1.165) is 13.0 Å². The van der Waals surface area contributed by atoms with E-state index in [9.17, 15) is 0 Å². The fraction of sp³-hybridized carbons (Fsp3) is 1.00. The lowest BCUT2D eigenvalue weighted by Crippen LogP contribution is -2.41. The first kappa shape index (κ1) is 14.2. The fourth-order valence-corrected chi connectivity index (χ4v) is 2.47.